The van der Waals surface area contributed by atoms with Gasteiger partial charge < -0.3 is 4.90 Å². The average Bonchev–Trinajstić information content (AvgIpc) is 3.26. The SMILES string of the molecule is C=C(CC(C)(C)C)N1CC(CC)CC1C(C)c1ccc(-c2scnc2C)cc1. The van der Waals surface area contributed by atoms with Gasteiger partial charge in [0.05, 0.1) is 16.1 Å². The molecule has 2 heterocycles. The van der Waals surface area contributed by atoms with Crippen LogP contribution in [0.1, 0.15) is 71.1 Å². The summed E-state index contributed by atoms with van der Waals surface area (Å²) < 4.78 is 0. The number of thiazole rings is 1. The molecule has 2 aromatic rings. The number of benzene rings is 1. The largest absolute Gasteiger partial charge is 0.371 e. The van der Waals surface area contributed by atoms with E-state index in [4.69, 9.17) is 0 Å². The molecular weight excluding hydrogens is 360 g/mol. The highest BCUT2D eigenvalue weighted by molar-refractivity contribution is 7.13. The molecule has 3 heteroatoms. The lowest BCUT2D eigenvalue weighted by atomic mass is 9.87. The van der Waals surface area contributed by atoms with E-state index in [2.05, 4.69) is 82.3 Å². The molecule has 28 heavy (non-hydrogen) atoms. The Bertz CT molecular complexity index is 797. The van der Waals surface area contributed by atoms with Crippen LogP contribution in [0.15, 0.2) is 42.1 Å². The predicted molar refractivity (Wildman–Crippen MR) is 123 cm³/mol. The molecule has 1 fully saturated rings. The Kier molecular flexibility index (Phi) is 6.34. The van der Waals surface area contributed by atoms with Gasteiger partial charge in [0.25, 0.3) is 0 Å². The highest BCUT2D eigenvalue weighted by atomic mass is 32.1. The van der Waals surface area contributed by atoms with Crippen LogP contribution in [0, 0.1) is 18.3 Å². The number of nitrogens with zero attached hydrogens (tertiary/aromatic N) is 2. The number of aryl methyl sites for hydroxylation is 1. The van der Waals surface area contributed by atoms with E-state index in [1.807, 2.05) is 5.51 Å². The van der Waals surface area contributed by atoms with Gasteiger partial charge in [-0.05, 0) is 42.2 Å². The van der Waals surface area contributed by atoms with Crippen LogP contribution in [-0.4, -0.2) is 22.5 Å². The van der Waals surface area contributed by atoms with E-state index in [1.54, 1.807) is 11.3 Å². The fourth-order valence-corrected chi connectivity index (χ4v) is 5.35. The molecule has 1 aliphatic heterocycles. The van der Waals surface area contributed by atoms with E-state index in [-0.39, 0.29) is 5.41 Å². The van der Waals surface area contributed by atoms with Gasteiger partial charge in [-0.2, -0.15) is 0 Å². The molecule has 0 saturated carbocycles. The van der Waals surface area contributed by atoms with E-state index < -0.39 is 0 Å². The number of aromatic nitrogens is 1. The minimum Gasteiger partial charge on any atom is -0.371 e. The van der Waals surface area contributed by atoms with Crippen LogP contribution in [0.5, 0.6) is 0 Å². The standard InChI is InChI=1S/C25H36N2S/c1-8-20-13-23(27(15-20)17(2)14-25(5,6)7)18(3)21-9-11-22(12-10-21)24-19(4)26-16-28-24/h9-12,16,18,20,23H,2,8,13-15H2,1,3-7H3. The van der Waals surface area contributed by atoms with Gasteiger partial charge in [-0.3, -0.25) is 0 Å². The molecule has 1 saturated heterocycles. The summed E-state index contributed by atoms with van der Waals surface area (Å²) in [6.07, 6.45) is 3.60. The van der Waals surface area contributed by atoms with Crippen LogP contribution in [0.3, 0.4) is 0 Å². The van der Waals surface area contributed by atoms with Crippen molar-refractivity contribution in [3.05, 3.63) is 53.3 Å². The third kappa shape index (κ3) is 4.68. The topological polar surface area (TPSA) is 16.1 Å². The first-order valence-corrected chi connectivity index (χ1v) is 11.5. The zero-order valence-electron chi connectivity index (χ0n) is 18.5. The first kappa shape index (κ1) is 21.1. The summed E-state index contributed by atoms with van der Waals surface area (Å²) in [6, 6.07) is 9.74. The smallest absolute Gasteiger partial charge is 0.0801 e. The van der Waals surface area contributed by atoms with Crippen LogP contribution < -0.4 is 0 Å². The van der Waals surface area contributed by atoms with Crippen molar-refractivity contribution in [1.82, 2.24) is 9.88 Å². The zero-order chi connectivity index (χ0) is 20.5. The number of hydrogen-bond donors (Lipinski definition) is 0. The Labute approximate surface area is 175 Å². The van der Waals surface area contributed by atoms with E-state index in [0.29, 0.717) is 12.0 Å². The third-order valence-corrected chi connectivity index (χ3v) is 7.15. The molecular formula is C25H36N2S. The van der Waals surface area contributed by atoms with Gasteiger partial charge >= 0.3 is 0 Å². The number of likely N-dealkylation sites (tertiary alicyclic amines) is 1. The fraction of sp³-hybridized carbons (Fsp3) is 0.560. The molecule has 3 rings (SSSR count). The van der Waals surface area contributed by atoms with Crippen molar-refractivity contribution < 1.29 is 0 Å². The van der Waals surface area contributed by atoms with E-state index in [1.165, 1.54) is 41.1 Å². The molecule has 152 valence electrons. The molecule has 1 aromatic carbocycles. The Morgan fingerprint density at radius 1 is 1.29 bits per heavy atom. The molecule has 0 aliphatic carbocycles. The van der Waals surface area contributed by atoms with Gasteiger partial charge in [-0.1, -0.05) is 71.9 Å². The molecule has 2 nitrogen and oxygen atoms in total. The first-order chi connectivity index (χ1) is 13.2. The summed E-state index contributed by atoms with van der Waals surface area (Å²) >= 11 is 1.72. The monoisotopic (exact) mass is 396 g/mol. The second-order valence-electron chi connectivity index (χ2n) is 9.71. The van der Waals surface area contributed by atoms with Crippen LogP contribution in [0.25, 0.3) is 10.4 Å². The summed E-state index contributed by atoms with van der Waals surface area (Å²) in [5, 5.41) is 0. The van der Waals surface area contributed by atoms with Gasteiger partial charge in [-0.15, -0.1) is 11.3 Å². The molecule has 0 radical (unpaired) electrons. The first-order valence-electron chi connectivity index (χ1n) is 10.6. The molecule has 0 spiro atoms. The van der Waals surface area contributed by atoms with Crippen molar-refractivity contribution in [3.8, 4) is 10.4 Å². The Balaban J connectivity index is 1.79. The van der Waals surface area contributed by atoms with E-state index in [0.717, 1.165) is 18.0 Å². The Morgan fingerprint density at radius 3 is 2.50 bits per heavy atom. The summed E-state index contributed by atoms with van der Waals surface area (Å²) in [6.45, 7) is 19.4. The van der Waals surface area contributed by atoms with Crippen molar-refractivity contribution >= 4 is 11.3 Å². The van der Waals surface area contributed by atoms with Gasteiger partial charge in [0.2, 0.25) is 0 Å². The summed E-state index contributed by atoms with van der Waals surface area (Å²) in [7, 11) is 0. The molecule has 1 aromatic heterocycles. The molecule has 0 amide bonds. The summed E-state index contributed by atoms with van der Waals surface area (Å²) in [4.78, 5) is 8.31. The van der Waals surface area contributed by atoms with Gasteiger partial charge in [0, 0.05) is 24.2 Å². The summed E-state index contributed by atoms with van der Waals surface area (Å²) in [5.74, 6) is 1.29. The average molecular weight is 397 g/mol. The minimum atomic E-state index is 0.281. The number of hydrogen-bond acceptors (Lipinski definition) is 3. The van der Waals surface area contributed by atoms with Crippen molar-refractivity contribution in [3.63, 3.8) is 0 Å². The van der Waals surface area contributed by atoms with Crippen LogP contribution >= 0.6 is 11.3 Å². The molecule has 3 atom stereocenters. The maximum Gasteiger partial charge on any atom is 0.0801 e. The normalized spacial score (nSPS) is 21.1. The maximum absolute atomic E-state index is 4.50. The van der Waals surface area contributed by atoms with E-state index in [9.17, 15) is 0 Å². The molecule has 0 N–H and O–H groups in total. The maximum atomic E-state index is 4.50. The minimum absolute atomic E-state index is 0.281. The lowest BCUT2D eigenvalue weighted by Crippen LogP contribution is -2.34. The van der Waals surface area contributed by atoms with Crippen molar-refractivity contribution in [2.75, 3.05) is 6.54 Å². The Hall–Kier alpha value is -1.61. The van der Waals surface area contributed by atoms with Crippen molar-refractivity contribution in [2.45, 2.75) is 72.8 Å². The second-order valence-corrected chi connectivity index (χ2v) is 10.6. The predicted octanol–water partition coefficient (Wildman–Crippen LogP) is 7.27. The van der Waals surface area contributed by atoms with Crippen LogP contribution in [0.2, 0.25) is 0 Å². The number of allylic oxidation sites excluding steroid dienone is 1. The summed E-state index contributed by atoms with van der Waals surface area (Å²) in [5.41, 5.74) is 7.37. The molecule has 0 bridgehead atoms. The number of rotatable bonds is 6. The van der Waals surface area contributed by atoms with E-state index >= 15 is 0 Å². The lowest BCUT2D eigenvalue weighted by Gasteiger charge is -2.35. The third-order valence-electron chi connectivity index (χ3n) is 6.17. The van der Waals surface area contributed by atoms with Crippen LogP contribution in [-0.2, 0) is 0 Å². The van der Waals surface area contributed by atoms with Crippen molar-refractivity contribution in [1.29, 1.82) is 0 Å². The van der Waals surface area contributed by atoms with Gasteiger partial charge in [0.15, 0.2) is 0 Å². The van der Waals surface area contributed by atoms with Crippen LogP contribution in [0.4, 0.5) is 0 Å². The zero-order valence-corrected chi connectivity index (χ0v) is 19.3. The van der Waals surface area contributed by atoms with Crippen molar-refractivity contribution in [2.24, 2.45) is 11.3 Å². The highest BCUT2D eigenvalue weighted by Gasteiger charge is 2.36. The highest BCUT2D eigenvalue weighted by Crippen LogP contribution is 2.40. The second kappa shape index (κ2) is 8.41. The Morgan fingerprint density at radius 2 is 1.96 bits per heavy atom. The molecule has 3 unspecified atom stereocenters. The lowest BCUT2D eigenvalue weighted by molar-refractivity contribution is 0.251. The molecule has 1 aliphatic rings. The van der Waals surface area contributed by atoms with Gasteiger partial charge in [-0.25, -0.2) is 4.98 Å². The fourth-order valence-electron chi connectivity index (χ4n) is 4.54. The quantitative estimate of drug-likeness (QED) is 0.510. The van der Waals surface area contributed by atoms with Gasteiger partial charge in [0.1, 0.15) is 0 Å².